The summed E-state index contributed by atoms with van der Waals surface area (Å²) in [6.07, 6.45) is 1.64. The molecule has 9 heavy (non-hydrogen) atoms. The first-order valence-corrected chi connectivity index (χ1v) is 5.60. The Morgan fingerprint density at radius 3 is 2.78 bits per heavy atom. The topological polar surface area (TPSA) is 24.9 Å². The van der Waals surface area contributed by atoms with Gasteiger partial charge in [0.25, 0.3) is 0 Å². The second-order valence-corrected chi connectivity index (χ2v) is 3.35. The van der Waals surface area contributed by atoms with Crippen LogP contribution in [0.3, 0.4) is 0 Å². The number of hydrogen-bond donors (Lipinski definition) is 1. The van der Waals surface area contributed by atoms with Crippen molar-refractivity contribution in [3.05, 3.63) is 23.4 Å². The molecule has 1 heterocycles. The van der Waals surface area contributed by atoms with E-state index in [4.69, 9.17) is 11.6 Å². The molecular weight excluding hydrogens is 328 g/mol. The molecule has 2 nitrogen and oxygen atoms in total. The summed E-state index contributed by atoms with van der Waals surface area (Å²) in [7, 11) is 0. The van der Waals surface area contributed by atoms with Gasteiger partial charge >= 0.3 is 74.9 Å². The fourth-order valence-corrected chi connectivity index (χ4v) is 1.41. The van der Waals surface area contributed by atoms with E-state index in [-0.39, 0.29) is 0 Å². The fraction of sp³-hybridized carbons (Fsp3) is 0. The van der Waals surface area contributed by atoms with Crippen LogP contribution in [0.4, 0.5) is 5.82 Å². The van der Waals surface area contributed by atoms with Gasteiger partial charge in [0.15, 0.2) is 0 Å². The molecule has 0 aliphatic heterocycles. The second kappa shape index (κ2) is 3.36. The molecule has 0 fully saturated rings. The van der Waals surface area contributed by atoms with E-state index in [0.29, 0.717) is 31.1 Å². The van der Waals surface area contributed by atoms with Gasteiger partial charge in [0, 0.05) is 0 Å². The van der Waals surface area contributed by atoms with Crippen molar-refractivity contribution >= 4 is 43.5 Å². The average molecular weight is 333 g/mol. The van der Waals surface area contributed by atoms with Crippen molar-refractivity contribution in [1.29, 1.82) is 0 Å². The first kappa shape index (κ1) is 7.27. The second-order valence-electron chi connectivity index (χ2n) is 1.54. The SMILES string of the molecule is Clc1ccc([NH][TlH])nc1. The van der Waals surface area contributed by atoms with E-state index >= 15 is 0 Å². The van der Waals surface area contributed by atoms with Crippen LogP contribution in [0.25, 0.3) is 0 Å². The fourth-order valence-electron chi connectivity index (χ4n) is 0.480. The van der Waals surface area contributed by atoms with E-state index in [1.807, 2.05) is 12.1 Å². The van der Waals surface area contributed by atoms with E-state index in [0.717, 1.165) is 5.82 Å². The molecule has 1 aromatic rings. The Balaban J connectivity index is 2.88. The predicted molar refractivity (Wildman–Crippen MR) is 40.0 cm³/mol. The normalized spacial score (nSPS) is 8.89. The Bertz CT molecular complexity index is 187. The van der Waals surface area contributed by atoms with Crippen molar-refractivity contribution in [3.8, 4) is 0 Å². The Kier molecular flexibility index (Phi) is 2.71. The molecule has 1 rings (SSSR count). The summed E-state index contributed by atoms with van der Waals surface area (Å²) in [5.74, 6) is 0.919. The zero-order chi connectivity index (χ0) is 6.69. The minimum atomic E-state index is 0.560. The molecule has 1 N–H and O–H groups in total. The summed E-state index contributed by atoms with van der Waals surface area (Å²) >= 11 is 6.15. The van der Waals surface area contributed by atoms with Gasteiger partial charge in [-0.05, 0) is 0 Å². The van der Waals surface area contributed by atoms with Crippen LogP contribution in [-0.2, 0) is 0 Å². The molecule has 1 aromatic heterocycles. The molecule has 0 radical (unpaired) electrons. The molecule has 0 saturated heterocycles. The molecule has 0 aromatic carbocycles. The summed E-state index contributed by atoms with van der Waals surface area (Å²) in [6.45, 7) is 0. The van der Waals surface area contributed by atoms with Crippen LogP contribution in [0.2, 0.25) is 5.02 Å². The third-order valence-corrected chi connectivity index (χ3v) is 2.54. The number of pyridine rings is 1. The van der Waals surface area contributed by atoms with Crippen LogP contribution in [0.1, 0.15) is 0 Å². The average Bonchev–Trinajstić information content (AvgIpc) is 1.90. The van der Waals surface area contributed by atoms with E-state index in [9.17, 15) is 0 Å². The van der Waals surface area contributed by atoms with Gasteiger partial charge in [0.05, 0.1) is 0 Å². The van der Waals surface area contributed by atoms with Gasteiger partial charge in [-0.25, -0.2) is 0 Å². The molecule has 0 saturated carbocycles. The molecule has 0 spiro atoms. The quantitative estimate of drug-likeness (QED) is 0.775. The van der Waals surface area contributed by atoms with Gasteiger partial charge in [-0.15, -0.1) is 0 Å². The number of aromatic nitrogens is 1. The monoisotopic (exact) mass is 333 g/mol. The van der Waals surface area contributed by atoms with Crippen LogP contribution >= 0.6 is 11.6 Å². The maximum absolute atomic E-state index is 5.59. The van der Waals surface area contributed by atoms with E-state index in [2.05, 4.69) is 8.11 Å². The van der Waals surface area contributed by atoms with E-state index in [1.54, 1.807) is 6.20 Å². The summed E-state index contributed by atoms with van der Waals surface area (Å²) in [5, 5.41) is 0.683. The van der Waals surface area contributed by atoms with Crippen LogP contribution in [0.15, 0.2) is 18.3 Å². The number of nitrogens with zero attached hydrogens (tertiary/aromatic N) is 1. The summed E-state index contributed by atoms with van der Waals surface area (Å²) < 4.78 is 3.08. The Morgan fingerprint density at radius 2 is 2.33 bits per heavy atom. The number of halogens is 1. The Hall–Kier alpha value is 0.162. The zero-order valence-corrected chi connectivity index (χ0v) is 11.0. The molecule has 0 amide bonds. The maximum atomic E-state index is 5.59. The first-order chi connectivity index (χ1) is 4.33. The first-order valence-electron chi connectivity index (χ1n) is 2.47. The molecule has 45 valence electrons. The summed E-state index contributed by atoms with van der Waals surface area (Å²) in [5.41, 5.74) is 0. The van der Waals surface area contributed by atoms with Gasteiger partial charge in [-0.2, -0.15) is 0 Å². The van der Waals surface area contributed by atoms with Crippen LogP contribution in [0.5, 0.6) is 0 Å². The van der Waals surface area contributed by atoms with Crippen molar-refractivity contribution in [2.45, 2.75) is 0 Å². The zero-order valence-electron chi connectivity index (χ0n) is 4.76. The molecule has 0 aliphatic rings. The van der Waals surface area contributed by atoms with Crippen molar-refractivity contribution in [2.75, 3.05) is 3.13 Å². The number of nitrogens with one attached hydrogen (secondary N) is 1. The molecule has 4 heteroatoms. The third kappa shape index (κ3) is 2.10. The van der Waals surface area contributed by atoms with Gasteiger partial charge in [-0.3, -0.25) is 0 Å². The van der Waals surface area contributed by atoms with E-state index < -0.39 is 0 Å². The molecular formula is C5H5ClN2Tl. The van der Waals surface area contributed by atoms with Gasteiger partial charge in [-0.1, -0.05) is 0 Å². The van der Waals surface area contributed by atoms with E-state index in [1.165, 1.54) is 0 Å². The number of anilines is 1. The predicted octanol–water partition coefficient (Wildman–Crippen LogP) is 0.963. The van der Waals surface area contributed by atoms with Crippen molar-refractivity contribution in [2.24, 2.45) is 0 Å². The van der Waals surface area contributed by atoms with Crippen molar-refractivity contribution in [3.63, 3.8) is 0 Å². The van der Waals surface area contributed by atoms with Crippen LogP contribution < -0.4 is 3.13 Å². The van der Waals surface area contributed by atoms with Gasteiger partial charge in [0.2, 0.25) is 0 Å². The van der Waals surface area contributed by atoms with Crippen molar-refractivity contribution in [1.82, 2.24) is 4.98 Å². The Morgan fingerprint density at radius 1 is 1.56 bits per heavy atom. The van der Waals surface area contributed by atoms with Crippen LogP contribution in [-0.4, -0.2) is 31.0 Å². The van der Waals surface area contributed by atoms with Gasteiger partial charge in [0.1, 0.15) is 0 Å². The summed E-state index contributed by atoms with van der Waals surface area (Å²) in [6, 6.07) is 3.69. The number of hydrogen-bond acceptors (Lipinski definition) is 2. The molecule has 0 aliphatic carbocycles. The Labute approximate surface area is 74.7 Å². The third-order valence-electron chi connectivity index (χ3n) is 0.909. The molecule has 0 atom stereocenters. The van der Waals surface area contributed by atoms with Crippen molar-refractivity contribution < 1.29 is 0 Å². The molecule has 0 bridgehead atoms. The summed E-state index contributed by atoms with van der Waals surface area (Å²) in [4.78, 5) is 4.00. The number of rotatable bonds is 1. The minimum absolute atomic E-state index is 0.560. The molecule has 0 unspecified atom stereocenters. The standard InChI is InChI=1S/C5H4ClN2.Tl.H/c6-4-1-2-5(7)8-3-4;;/h1-3H,(H-,7,8);;/q-1;+1;. The van der Waals surface area contributed by atoms with Gasteiger partial charge < -0.3 is 0 Å². The van der Waals surface area contributed by atoms with Crippen LogP contribution in [0, 0.1) is 0 Å².